The lowest BCUT2D eigenvalue weighted by Gasteiger charge is -2.12. The SMILES string of the molecule is Cc1ccccc1NC(=O)COc1c(C=Nn2c(-c3cc4ccccc4o3)nc3ccccc3c2=O)cc(Cl)cc1[N+](=O)[O-]. The number of fused-ring (bicyclic) bond motifs is 2. The fourth-order valence-corrected chi connectivity index (χ4v) is 4.85. The van der Waals surface area contributed by atoms with Crippen LogP contribution in [-0.4, -0.2) is 33.3 Å². The Bertz CT molecular complexity index is 2140. The predicted molar refractivity (Wildman–Crippen MR) is 168 cm³/mol. The number of halogens is 1. The predicted octanol–water partition coefficient (Wildman–Crippen LogP) is 6.58. The molecule has 0 atom stereocenters. The third-order valence-corrected chi connectivity index (χ3v) is 6.96. The van der Waals surface area contributed by atoms with E-state index in [1.165, 1.54) is 12.3 Å². The van der Waals surface area contributed by atoms with E-state index in [2.05, 4.69) is 15.4 Å². The first-order chi connectivity index (χ1) is 21.3. The van der Waals surface area contributed by atoms with Gasteiger partial charge in [-0.2, -0.15) is 9.78 Å². The number of benzene rings is 4. The van der Waals surface area contributed by atoms with Crippen LogP contribution in [-0.2, 0) is 4.79 Å². The van der Waals surface area contributed by atoms with Crippen molar-refractivity contribution < 1.29 is 18.9 Å². The van der Waals surface area contributed by atoms with E-state index < -0.39 is 28.7 Å². The molecule has 0 fully saturated rings. The highest BCUT2D eigenvalue weighted by Crippen LogP contribution is 2.34. The average molecular weight is 608 g/mol. The maximum atomic E-state index is 13.7. The average Bonchev–Trinajstić information content (AvgIpc) is 3.45. The molecule has 2 heterocycles. The van der Waals surface area contributed by atoms with E-state index in [9.17, 15) is 19.7 Å². The molecule has 1 N–H and O–H groups in total. The number of hydrogen-bond acceptors (Lipinski definition) is 8. The molecule has 0 aliphatic carbocycles. The number of nitro groups is 1. The number of furan rings is 1. The fourth-order valence-electron chi connectivity index (χ4n) is 4.63. The Hall–Kier alpha value is -5.81. The molecular weight excluding hydrogens is 586 g/mol. The van der Waals surface area contributed by atoms with E-state index in [0.29, 0.717) is 22.2 Å². The third kappa shape index (κ3) is 5.63. The van der Waals surface area contributed by atoms with Gasteiger partial charge in [-0.3, -0.25) is 19.7 Å². The molecule has 0 saturated heterocycles. The van der Waals surface area contributed by atoms with Crippen LogP contribution in [0.5, 0.6) is 5.75 Å². The van der Waals surface area contributed by atoms with Gasteiger partial charge in [0.2, 0.25) is 11.6 Å². The van der Waals surface area contributed by atoms with E-state index in [0.717, 1.165) is 21.7 Å². The summed E-state index contributed by atoms with van der Waals surface area (Å²) in [4.78, 5) is 42.3. The van der Waals surface area contributed by atoms with Crippen LogP contribution < -0.4 is 15.6 Å². The Kier molecular flexibility index (Phi) is 7.61. The molecule has 0 radical (unpaired) electrons. The summed E-state index contributed by atoms with van der Waals surface area (Å²) in [5.74, 6) is -0.394. The van der Waals surface area contributed by atoms with Crippen molar-refractivity contribution in [3.8, 4) is 17.3 Å². The molecule has 0 aliphatic rings. The van der Waals surface area contributed by atoms with E-state index in [4.69, 9.17) is 20.8 Å². The van der Waals surface area contributed by atoms with E-state index >= 15 is 0 Å². The molecule has 0 aliphatic heterocycles. The molecule has 6 rings (SSSR count). The second-order valence-corrected chi connectivity index (χ2v) is 10.2. The minimum atomic E-state index is -0.679. The van der Waals surface area contributed by atoms with Gasteiger partial charge in [0.15, 0.2) is 12.4 Å². The highest BCUT2D eigenvalue weighted by atomic mass is 35.5. The maximum Gasteiger partial charge on any atom is 0.313 e. The number of hydrogen-bond donors (Lipinski definition) is 1. The Balaban J connectivity index is 1.42. The van der Waals surface area contributed by atoms with Gasteiger partial charge in [0.25, 0.3) is 11.5 Å². The largest absolute Gasteiger partial charge is 0.476 e. The Morgan fingerprint density at radius 1 is 1.09 bits per heavy atom. The molecule has 0 bridgehead atoms. The van der Waals surface area contributed by atoms with Crippen LogP contribution in [0.2, 0.25) is 5.02 Å². The number of anilines is 1. The molecule has 44 heavy (non-hydrogen) atoms. The van der Waals surface area contributed by atoms with Gasteiger partial charge in [0.1, 0.15) is 5.58 Å². The summed E-state index contributed by atoms with van der Waals surface area (Å²) < 4.78 is 12.7. The molecule has 6 aromatic rings. The third-order valence-electron chi connectivity index (χ3n) is 6.74. The summed E-state index contributed by atoms with van der Waals surface area (Å²) in [5.41, 5.74) is 1.51. The van der Waals surface area contributed by atoms with E-state index in [1.54, 1.807) is 48.5 Å². The van der Waals surface area contributed by atoms with E-state index in [-0.39, 0.29) is 27.9 Å². The van der Waals surface area contributed by atoms with Crippen molar-refractivity contribution in [3.63, 3.8) is 0 Å². The van der Waals surface area contributed by atoms with Crippen molar-refractivity contribution in [1.29, 1.82) is 0 Å². The Labute approximate surface area is 254 Å². The standard InChI is InChI=1S/C32H22ClN5O6/c1-19-8-2-5-11-24(19)35-29(39)18-43-30-21(14-22(33)16-26(30)38(41)42)17-34-37-31(28-15-20-9-3-7-13-27(20)44-28)36-25-12-6-4-10-23(25)32(37)40/h2-17H,18H2,1H3,(H,35,39). The molecule has 1 amide bonds. The normalized spacial score (nSPS) is 11.3. The topological polar surface area (TPSA) is 142 Å². The lowest BCUT2D eigenvalue weighted by atomic mass is 10.2. The van der Waals surface area contributed by atoms with Crippen LogP contribution >= 0.6 is 11.6 Å². The fraction of sp³-hybridized carbons (Fsp3) is 0.0625. The van der Waals surface area contributed by atoms with Gasteiger partial charge in [-0.15, -0.1) is 0 Å². The molecule has 12 heteroatoms. The molecule has 2 aromatic heterocycles. The van der Waals surface area contributed by atoms with Gasteiger partial charge in [-0.25, -0.2) is 4.98 Å². The number of amides is 1. The van der Waals surface area contributed by atoms with Crippen LogP contribution in [0.3, 0.4) is 0 Å². The molecule has 4 aromatic carbocycles. The van der Waals surface area contributed by atoms with Gasteiger partial charge < -0.3 is 14.5 Å². The van der Waals surface area contributed by atoms with Crippen LogP contribution in [0, 0.1) is 17.0 Å². The van der Waals surface area contributed by atoms with Gasteiger partial charge >= 0.3 is 5.69 Å². The monoisotopic (exact) mass is 607 g/mol. The number of rotatable bonds is 8. The van der Waals surface area contributed by atoms with Gasteiger partial charge in [-0.1, -0.05) is 60.1 Å². The lowest BCUT2D eigenvalue weighted by molar-refractivity contribution is -0.385. The quantitative estimate of drug-likeness (QED) is 0.117. The number of nitro benzene ring substituents is 1. The van der Waals surface area contributed by atoms with Crippen molar-refractivity contribution >= 4 is 57.0 Å². The molecule has 218 valence electrons. The Morgan fingerprint density at radius 3 is 2.64 bits per heavy atom. The first kappa shape index (κ1) is 28.3. The van der Waals surface area contributed by atoms with Gasteiger partial charge in [-0.05, 0) is 48.9 Å². The number of nitrogens with one attached hydrogen (secondary N) is 1. The molecule has 0 spiro atoms. The van der Waals surface area contributed by atoms with Gasteiger partial charge in [0, 0.05) is 27.7 Å². The summed E-state index contributed by atoms with van der Waals surface area (Å²) >= 11 is 6.22. The van der Waals surface area contributed by atoms with Crippen LogP contribution in [0.4, 0.5) is 11.4 Å². The number of carbonyl (C=O) groups excluding carboxylic acids is 1. The van der Waals surface area contributed by atoms with Crippen LogP contribution in [0.15, 0.2) is 105 Å². The van der Waals surface area contributed by atoms with Crippen LogP contribution in [0.1, 0.15) is 11.1 Å². The first-order valence-electron chi connectivity index (χ1n) is 13.3. The van der Waals surface area contributed by atoms with Gasteiger partial charge in [0.05, 0.1) is 22.0 Å². The van der Waals surface area contributed by atoms with Crippen molar-refractivity contribution in [2.45, 2.75) is 6.92 Å². The van der Waals surface area contributed by atoms with Crippen molar-refractivity contribution in [3.05, 3.63) is 128 Å². The summed E-state index contributed by atoms with van der Waals surface area (Å²) in [5, 5.41) is 20.2. The minimum Gasteiger partial charge on any atom is -0.476 e. The maximum absolute atomic E-state index is 13.7. The highest BCUT2D eigenvalue weighted by Gasteiger charge is 2.23. The zero-order chi connectivity index (χ0) is 30.8. The molecule has 11 nitrogen and oxygen atoms in total. The summed E-state index contributed by atoms with van der Waals surface area (Å²) in [6.07, 6.45) is 1.19. The van der Waals surface area contributed by atoms with Crippen molar-refractivity contribution in [1.82, 2.24) is 9.66 Å². The number of aromatic nitrogens is 2. The Morgan fingerprint density at radius 2 is 1.84 bits per heavy atom. The first-order valence-corrected chi connectivity index (χ1v) is 13.7. The number of para-hydroxylation sites is 3. The summed E-state index contributed by atoms with van der Waals surface area (Å²) in [6.45, 7) is 1.29. The molecule has 0 saturated carbocycles. The van der Waals surface area contributed by atoms with Crippen LogP contribution in [0.25, 0.3) is 33.5 Å². The molecule has 0 unspecified atom stereocenters. The second-order valence-electron chi connectivity index (χ2n) is 9.71. The number of ether oxygens (including phenoxy) is 1. The number of aryl methyl sites for hydroxylation is 1. The summed E-state index contributed by atoms with van der Waals surface area (Å²) in [7, 11) is 0. The smallest absolute Gasteiger partial charge is 0.313 e. The zero-order valence-corrected chi connectivity index (χ0v) is 23.8. The van der Waals surface area contributed by atoms with Crippen molar-refractivity contribution in [2.75, 3.05) is 11.9 Å². The number of carbonyl (C=O) groups is 1. The zero-order valence-electron chi connectivity index (χ0n) is 23.1. The minimum absolute atomic E-state index is 0.0244. The second kappa shape index (κ2) is 11.8. The lowest BCUT2D eigenvalue weighted by Crippen LogP contribution is -2.22. The molecular formula is C32H22ClN5O6. The summed E-state index contributed by atoms with van der Waals surface area (Å²) in [6, 6.07) is 25.5. The number of nitrogens with zero attached hydrogens (tertiary/aromatic N) is 4. The van der Waals surface area contributed by atoms with Crippen molar-refractivity contribution in [2.24, 2.45) is 5.10 Å². The highest BCUT2D eigenvalue weighted by molar-refractivity contribution is 6.31. The van der Waals surface area contributed by atoms with E-state index in [1.807, 2.05) is 37.3 Å².